The predicted octanol–water partition coefficient (Wildman–Crippen LogP) is -1.02. The van der Waals surface area contributed by atoms with Crippen molar-refractivity contribution in [3.8, 4) is 0 Å². The molecular formula is C4H3N3O3. The molecule has 0 aliphatic heterocycles. The van der Waals surface area contributed by atoms with Crippen molar-refractivity contribution in [1.82, 2.24) is 10.3 Å². The Bertz CT molecular complexity index is 266. The quantitative estimate of drug-likeness (QED) is 0.531. The molecule has 0 aromatic carbocycles. The van der Waals surface area contributed by atoms with Crippen LogP contribution in [0.4, 0.5) is 0 Å². The van der Waals surface area contributed by atoms with E-state index in [0.29, 0.717) is 6.29 Å². The van der Waals surface area contributed by atoms with Crippen LogP contribution in [0.3, 0.4) is 0 Å². The molecule has 0 fully saturated rings. The van der Waals surface area contributed by atoms with Crippen molar-refractivity contribution in [1.29, 1.82) is 0 Å². The fourth-order valence-electron chi connectivity index (χ4n) is 0.444. The summed E-state index contributed by atoms with van der Waals surface area (Å²) in [5, 5.41) is 6.20. The van der Waals surface area contributed by atoms with Crippen molar-refractivity contribution in [2.24, 2.45) is 5.73 Å². The maximum atomic E-state index is 10.3. The van der Waals surface area contributed by atoms with Crippen molar-refractivity contribution in [3.05, 3.63) is 11.4 Å². The third kappa shape index (κ3) is 0.859. The topological polar surface area (TPSA) is 99.1 Å². The normalized spacial score (nSPS) is 9.20. The van der Waals surface area contributed by atoms with Crippen molar-refractivity contribution in [2.45, 2.75) is 0 Å². The van der Waals surface area contributed by atoms with Gasteiger partial charge in [-0.2, -0.15) is 0 Å². The Labute approximate surface area is 55.0 Å². The van der Waals surface area contributed by atoms with Gasteiger partial charge >= 0.3 is 0 Å². The molecule has 52 valence electrons. The molecule has 1 amide bonds. The standard InChI is InChI=1S/C4H3N3O3/c5-4(9)3-2(1-8)6-10-7-3/h1H,(H2,5,9). The van der Waals surface area contributed by atoms with Gasteiger partial charge in [0.1, 0.15) is 0 Å². The van der Waals surface area contributed by atoms with E-state index in [9.17, 15) is 9.59 Å². The molecule has 0 aliphatic rings. The number of amides is 1. The second-order valence-corrected chi connectivity index (χ2v) is 1.48. The van der Waals surface area contributed by atoms with Gasteiger partial charge in [0.2, 0.25) is 5.69 Å². The zero-order chi connectivity index (χ0) is 7.56. The van der Waals surface area contributed by atoms with Crippen molar-refractivity contribution >= 4 is 12.2 Å². The molecule has 0 spiro atoms. The van der Waals surface area contributed by atoms with Gasteiger partial charge in [-0.25, -0.2) is 4.63 Å². The van der Waals surface area contributed by atoms with E-state index in [1.54, 1.807) is 0 Å². The Balaban J connectivity index is 3.13. The molecule has 6 nitrogen and oxygen atoms in total. The molecule has 1 heterocycles. The molecule has 0 bridgehead atoms. The average Bonchev–Trinajstić information content (AvgIpc) is 2.33. The lowest BCUT2D eigenvalue weighted by molar-refractivity contribution is 0.0985. The summed E-state index contributed by atoms with van der Waals surface area (Å²) in [7, 11) is 0. The first-order valence-corrected chi connectivity index (χ1v) is 2.33. The summed E-state index contributed by atoms with van der Waals surface area (Å²) >= 11 is 0. The first kappa shape index (κ1) is 6.40. The summed E-state index contributed by atoms with van der Waals surface area (Å²) in [6.45, 7) is 0. The molecule has 0 saturated carbocycles. The number of aromatic nitrogens is 2. The molecule has 10 heavy (non-hydrogen) atoms. The van der Waals surface area contributed by atoms with Crippen LogP contribution in [0.1, 0.15) is 21.0 Å². The van der Waals surface area contributed by atoms with E-state index < -0.39 is 5.91 Å². The Morgan fingerprint density at radius 3 is 2.70 bits per heavy atom. The molecular weight excluding hydrogens is 138 g/mol. The van der Waals surface area contributed by atoms with Crippen molar-refractivity contribution in [3.63, 3.8) is 0 Å². The lowest BCUT2D eigenvalue weighted by atomic mass is 10.3. The van der Waals surface area contributed by atoms with Crippen molar-refractivity contribution in [2.75, 3.05) is 0 Å². The summed E-state index contributed by atoms with van der Waals surface area (Å²) < 4.78 is 4.07. The van der Waals surface area contributed by atoms with Crippen molar-refractivity contribution < 1.29 is 14.2 Å². The third-order valence-electron chi connectivity index (χ3n) is 0.859. The van der Waals surface area contributed by atoms with Crippen LogP contribution >= 0.6 is 0 Å². The number of nitrogens with two attached hydrogens (primary N) is 1. The van der Waals surface area contributed by atoms with E-state index in [2.05, 4.69) is 14.9 Å². The van der Waals surface area contributed by atoms with Crippen LogP contribution in [0, 0.1) is 0 Å². The maximum absolute atomic E-state index is 10.3. The van der Waals surface area contributed by atoms with Gasteiger partial charge in [0.05, 0.1) is 0 Å². The molecule has 0 aliphatic carbocycles. The van der Waals surface area contributed by atoms with E-state index in [-0.39, 0.29) is 11.4 Å². The number of hydrogen-bond donors (Lipinski definition) is 1. The number of carbonyl (C=O) groups is 2. The fourth-order valence-corrected chi connectivity index (χ4v) is 0.444. The van der Waals surface area contributed by atoms with Crippen LogP contribution < -0.4 is 5.73 Å². The minimum Gasteiger partial charge on any atom is -0.364 e. The van der Waals surface area contributed by atoms with Crippen LogP contribution in [0.2, 0.25) is 0 Å². The van der Waals surface area contributed by atoms with Crippen LogP contribution in [-0.4, -0.2) is 22.5 Å². The Kier molecular flexibility index (Phi) is 1.44. The Morgan fingerprint density at radius 2 is 2.30 bits per heavy atom. The summed E-state index contributed by atoms with van der Waals surface area (Å²) in [5.41, 5.74) is 4.36. The van der Waals surface area contributed by atoms with E-state index in [4.69, 9.17) is 5.73 Å². The largest absolute Gasteiger partial charge is 0.364 e. The van der Waals surface area contributed by atoms with Crippen LogP contribution in [-0.2, 0) is 0 Å². The molecule has 0 atom stereocenters. The first-order valence-electron chi connectivity index (χ1n) is 2.33. The second-order valence-electron chi connectivity index (χ2n) is 1.48. The molecule has 0 radical (unpaired) electrons. The molecule has 1 aromatic heterocycles. The summed E-state index contributed by atoms with van der Waals surface area (Å²) in [6, 6.07) is 0. The first-order chi connectivity index (χ1) is 4.75. The number of primary amides is 1. The number of rotatable bonds is 2. The fraction of sp³-hybridized carbons (Fsp3) is 0. The lowest BCUT2D eigenvalue weighted by Crippen LogP contribution is -2.13. The predicted molar refractivity (Wildman–Crippen MR) is 28.2 cm³/mol. The van der Waals surface area contributed by atoms with E-state index in [0.717, 1.165) is 0 Å². The summed E-state index contributed by atoms with van der Waals surface area (Å²) in [6.07, 6.45) is 0.344. The Hall–Kier alpha value is -1.72. The van der Waals surface area contributed by atoms with Gasteiger partial charge in [-0.1, -0.05) is 0 Å². The number of nitrogens with zero attached hydrogens (tertiary/aromatic N) is 2. The van der Waals surface area contributed by atoms with Crippen LogP contribution in [0.25, 0.3) is 0 Å². The highest BCUT2D eigenvalue weighted by Gasteiger charge is 2.13. The van der Waals surface area contributed by atoms with Gasteiger partial charge in [-0.05, 0) is 10.3 Å². The number of hydrogen-bond acceptors (Lipinski definition) is 5. The minimum absolute atomic E-state index is 0.174. The van der Waals surface area contributed by atoms with E-state index >= 15 is 0 Å². The average molecular weight is 141 g/mol. The monoisotopic (exact) mass is 141 g/mol. The van der Waals surface area contributed by atoms with Crippen LogP contribution in [0.15, 0.2) is 4.63 Å². The van der Waals surface area contributed by atoms with Gasteiger partial charge in [0.25, 0.3) is 5.91 Å². The molecule has 1 aromatic rings. The lowest BCUT2D eigenvalue weighted by Gasteiger charge is -1.80. The molecule has 0 unspecified atom stereocenters. The smallest absolute Gasteiger partial charge is 0.273 e. The minimum atomic E-state index is -0.830. The molecule has 1 rings (SSSR count). The zero-order valence-electron chi connectivity index (χ0n) is 4.77. The highest BCUT2D eigenvalue weighted by molar-refractivity contribution is 5.97. The van der Waals surface area contributed by atoms with Gasteiger partial charge < -0.3 is 5.73 Å². The van der Waals surface area contributed by atoms with E-state index in [1.807, 2.05) is 0 Å². The van der Waals surface area contributed by atoms with Gasteiger partial charge in [0, 0.05) is 0 Å². The number of carbonyl (C=O) groups excluding carboxylic acids is 2. The molecule has 0 saturated heterocycles. The zero-order valence-corrected chi connectivity index (χ0v) is 4.77. The van der Waals surface area contributed by atoms with Crippen LogP contribution in [0.5, 0.6) is 0 Å². The van der Waals surface area contributed by atoms with Gasteiger partial charge in [-0.15, -0.1) is 0 Å². The Morgan fingerprint density at radius 1 is 1.60 bits per heavy atom. The molecule has 2 N–H and O–H groups in total. The summed E-state index contributed by atoms with van der Waals surface area (Å²) in [4.78, 5) is 20.4. The van der Waals surface area contributed by atoms with E-state index in [1.165, 1.54) is 0 Å². The second kappa shape index (κ2) is 2.26. The van der Waals surface area contributed by atoms with Gasteiger partial charge in [-0.3, -0.25) is 9.59 Å². The summed E-state index contributed by atoms with van der Waals surface area (Å²) in [5.74, 6) is -0.830. The maximum Gasteiger partial charge on any atom is 0.273 e. The SMILES string of the molecule is NC(=O)c1nonc1C=O. The highest BCUT2D eigenvalue weighted by Crippen LogP contribution is 1.96. The molecule has 6 heteroatoms. The van der Waals surface area contributed by atoms with Gasteiger partial charge in [0.15, 0.2) is 12.0 Å². The third-order valence-corrected chi connectivity index (χ3v) is 0.859. The number of aldehydes is 1. The highest BCUT2D eigenvalue weighted by atomic mass is 16.6.